The molecular formula is C8H12F2N2O3S. The number of nitrogens with one attached hydrogen (secondary N) is 1. The quantitative estimate of drug-likeness (QED) is 0.582. The fourth-order valence-corrected chi connectivity index (χ4v) is 2.84. The van der Waals surface area contributed by atoms with Crippen LogP contribution in [0.4, 0.5) is 8.78 Å². The topological polar surface area (TPSA) is 74.1 Å². The summed E-state index contributed by atoms with van der Waals surface area (Å²) in [6.45, 7) is 0. The average Bonchev–Trinajstić information content (AvgIpc) is 2.66. The van der Waals surface area contributed by atoms with Gasteiger partial charge in [-0.15, -0.1) is 0 Å². The Morgan fingerprint density at radius 3 is 2.69 bits per heavy atom. The summed E-state index contributed by atoms with van der Waals surface area (Å²) in [5.74, 6) is 0. The minimum Gasteiger partial charge on any atom is -0.388 e. The Kier molecular flexibility index (Phi) is 3.34. The van der Waals surface area contributed by atoms with Crippen molar-refractivity contribution in [2.45, 2.75) is 36.2 Å². The minimum absolute atomic E-state index is 0.510. The second kappa shape index (κ2) is 4.44. The second-order valence-electron chi connectivity index (χ2n) is 3.60. The molecule has 2 rings (SSSR count). The molecular weight excluding hydrogens is 242 g/mol. The van der Waals surface area contributed by atoms with Gasteiger partial charge in [0.2, 0.25) is 0 Å². The highest BCUT2D eigenvalue weighted by Crippen LogP contribution is 2.35. The van der Waals surface area contributed by atoms with Crippen LogP contribution in [0.25, 0.3) is 0 Å². The molecule has 0 bridgehead atoms. The molecule has 8 heteroatoms. The van der Waals surface area contributed by atoms with Crippen LogP contribution in [0, 0.1) is 0 Å². The second-order valence-corrected chi connectivity index (χ2v) is 4.69. The van der Waals surface area contributed by atoms with E-state index in [4.69, 9.17) is 4.74 Å². The van der Waals surface area contributed by atoms with Crippen molar-refractivity contribution < 1.29 is 23.7 Å². The summed E-state index contributed by atoms with van der Waals surface area (Å²) in [7, 11) is 1.54. The van der Waals surface area contributed by atoms with Crippen molar-refractivity contribution in [1.82, 2.24) is 5.32 Å². The van der Waals surface area contributed by atoms with Gasteiger partial charge >= 0.3 is 0 Å². The molecule has 92 valence electrons. The molecule has 16 heavy (non-hydrogen) atoms. The lowest BCUT2D eigenvalue weighted by molar-refractivity contribution is -0.195. The SMILES string of the molecule is CN=C1N[C@@H]2[C@@H](O)[C@H](O)C(C(F)F)O[C@@H]2S1. The van der Waals surface area contributed by atoms with Crippen molar-refractivity contribution in [2.75, 3.05) is 7.05 Å². The molecule has 0 saturated carbocycles. The van der Waals surface area contributed by atoms with E-state index in [0.717, 1.165) is 11.8 Å². The van der Waals surface area contributed by atoms with Crippen LogP contribution >= 0.6 is 11.8 Å². The van der Waals surface area contributed by atoms with E-state index >= 15 is 0 Å². The van der Waals surface area contributed by atoms with E-state index in [9.17, 15) is 19.0 Å². The number of thioether (sulfide) groups is 1. The number of fused-ring (bicyclic) bond motifs is 1. The van der Waals surface area contributed by atoms with Crippen molar-refractivity contribution >= 4 is 16.9 Å². The maximum atomic E-state index is 12.5. The molecule has 0 aromatic rings. The zero-order valence-electron chi connectivity index (χ0n) is 8.38. The van der Waals surface area contributed by atoms with Crippen molar-refractivity contribution in [3.05, 3.63) is 0 Å². The van der Waals surface area contributed by atoms with Gasteiger partial charge in [0.25, 0.3) is 6.43 Å². The lowest BCUT2D eigenvalue weighted by Gasteiger charge is -2.38. The van der Waals surface area contributed by atoms with Gasteiger partial charge in [0, 0.05) is 7.05 Å². The molecule has 2 saturated heterocycles. The first-order valence-electron chi connectivity index (χ1n) is 4.74. The van der Waals surface area contributed by atoms with E-state index in [1.165, 1.54) is 0 Å². The normalized spacial score (nSPS) is 45.9. The number of amidine groups is 1. The van der Waals surface area contributed by atoms with Gasteiger partial charge in [-0.3, -0.25) is 4.99 Å². The molecule has 0 aromatic carbocycles. The Bertz CT molecular complexity index is 305. The van der Waals surface area contributed by atoms with E-state index in [1.54, 1.807) is 7.05 Å². The average molecular weight is 254 g/mol. The molecule has 2 aliphatic heterocycles. The monoisotopic (exact) mass is 254 g/mol. The van der Waals surface area contributed by atoms with Gasteiger partial charge in [0.1, 0.15) is 23.7 Å². The van der Waals surface area contributed by atoms with Gasteiger partial charge in [-0.25, -0.2) is 8.78 Å². The molecule has 2 aliphatic rings. The summed E-state index contributed by atoms with van der Waals surface area (Å²) in [6, 6.07) is -0.603. The smallest absolute Gasteiger partial charge is 0.267 e. The van der Waals surface area contributed by atoms with Gasteiger partial charge in [0.05, 0.1) is 6.04 Å². The number of aliphatic imine (C=N–C) groups is 1. The van der Waals surface area contributed by atoms with E-state index < -0.39 is 36.2 Å². The molecule has 3 N–H and O–H groups in total. The zero-order chi connectivity index (χ0) is 11.9. The van der Waals surface area contributed by atoms with Gasteiger partial charge in [0.15, 0.2) is 5.17 Å². The number of halogens is 2. The van der Waals surface area contributed by atoms with E-state index in [1.807, 2.05) is 0 Å². The Balaban J connectivity index is 2.15. The summed E-state index contributed by atoms with van der Waals surface area (Å²) < 4.78 is 30.1. The van der Waals surface area contributed by atoms with E-state index in [2.05, 4.69) is 10.3 Å². The number of aliphatic hydroxyl groups is 2. The van der Waals surface area contributed by atoms with Crippen LogP contribution < -0.4 is 5.32 Å². The number of hydrogen-bond acceptors (Lipinski definition) is 5. The fourth-order valence-electron chi connectivity index (χ4n) is 1.75. The van der Waals surface area contributed by atoms with Gasteiger partial charge in [-0.1, -0.05) is 11.8 Å². The summed E-state index contributed by atoms with van der Waals surface area (Å²) in [5, 5.41) is 22.5. The van der Waals surface area contributed by atoms with Crippen LogP contribution in [-0.2, 0) is 4.74 Å². The summed E-state index contributed by atoms with van der Waals surface area (Å²) >= 11 is 1.13. The Morgan fingerprint density at radius 2 is 2.12 bits per heavy atom. The van der Waals surface area contributed by atoms with Crippen LogP contribution in [0.2, 0.25) is 0 Å². The number of alkyl halides is 2. The van der Waals surface area contributed by atoms with Crippen molar-refractivity contribution in [1.29, 1.82) is 0 Å². The molecule has 0 radical (unpaired) electrons. The van der Waals surface area contributed by atoms with Crippen molar-refractivity contribution in [3.63, 3.8) is 0 Å². The van der Waals surface area contributed by atoms with E-state index in [0.29, 0.717) is 5.17 Å². The summed E-state index contributed by atoms with van der Waals surface area (Å²) in [4.78, 5) is 3.85. The van der Waals surface area contributed by atoms with E-state index in [-0.39, 0.29) is 0 Å². The first kappa shape index (κ1) is 12.0. The molecule has 5 nitrogen and oxygen atoms in total. The first-order chi connectivity index (χ1) is 7.54. The highest BCUT2D eigenvalue weighted by Gasteiger charge is 2.51. The zero-order valence-corrected chi connectivity index (χ0v) is 9.19. The largest absolute Gasteiger partial charge is 0.388 e. The Hall–Kier alpha value is -0.440. The molecule has 0 spiro atoms. The van der Waals surface area contributed by atoms with Crippen LogP contribution in [-0.4, -0.2) is 58.6 Å². The Morgan fingerprint density at radius 1 is 1.44 bits per heavy atom. The van der Waals surface area contributed by atoms with Crippen LogP contribution in [0.3, 0.4) is 0 Å². The van der Waals surface area contributed by atoms with Crippen LogP contribution in [0.5, 0.6) is 0 Å². The molecule has 2 heterocycles. The van der Waals surface area contributed by atoms with Gasteiger partial charge in [-0.2, -0.15) is 0 Å². The highest BCUT2D eigenvalue weighted by atomic mass is 32.2. The lowest BCUT2D eigenvalue weighted by atomic mass is 9.98. The van der Waals surface area contributed by atoms with Crippen molar-refractivity contribution in [3.8, 4) is 0 Å². The predicted molar refractivity (Wildman–Crippen MR) is 54.6 cm³/mol. The van der Waals surface area contributed by atoms with Crippen LogP contribution in [0.15, 0.2) is 4.99 Å². The standard InChI is InChI=1S/C8H12F2N2O3S/c1-11-8-12-2-3(13)4(14)5(6(9)10)15-7(2)16-8/h2-7,13-14H,1H3,(H,11,12)/t2-,3-,4+,5?,7-/m1/s1. The fraction of sp³-hybridized carbons (Fsp3) is 0.875. The molecule has 1 unspecified atom stereocenters. The first-order valence-corrected chi connectivity index (χ1v) is 5.62. The lowest BCUT2D eigenvalue weighted by Crippen LogP contribution is -2.60. The number of aliphatic hydroxyl groups excluding tert-OH is 2. The van der Waals surface area contributed by atoms with Crippen molar-refractivity contribution in [2.24, 2.45) is 4.99 Å². The molecule has 2 fully saturated rings. The molecule has 0 aromatic heterocycles. The number of rotatable bonds is 1. The summed E-state index contributed by atoms with van der Waals surface area (Å²) in [5.41, 5.74) is -0.643. The Labute approximate surface area is 94.9 Å². The predicted octanol–water partition coefficient (Wildman–Crippen LogP) is -0.611. The summed E-state index contributed by atoms with van der Waals surface area (Å²) in [6.07, 6.45) is -7.36. The van der Waals surface area contributed by atoms with Gasteiger partial charge in [-0.05, 0) is 0 Å². The third kappa shape index (κ3) is 1.90. The third-order valence-corrected chi connectivity index (χ3v) is 3.77. The number of nitrogens with zero attached hydrogens (tertiary/aromatic N) is 1. The maximum absolute atomic E-state index is 12.5. The molecule has 0 amide bonds. The highest BCUT2D eigenvalue weighted by molar-refractivity contribution is 8.14. The maximum Gasteiger partial charge on any atom is 0.267 e. The van der Waals surface area contributed by atoms with Gasteiger partial charge < -0.3 is 20.3 Å². The number of hydrogen-bond donors (Lipinski definition) is 3. The minimum atomic E-state index is -2.83. The number of ether oxygens (including phenoxy) is 1. The molecule has 5 atom stereocenters. The third-order valence-electron chi connectivity index (χ3n) is 2.61. The van der Waals surface area contributed by atoms with Crippen LogP contribution in [0.1, 0.15) is 0 Å². The molecule has 0 aliphatic carbocycles.